The highest BCUT2D eigenvalue weighted by Crippen LogP contribution is 2.31. The maximum absolute atomic E-state index is 12.8. The van der Waals surface area contributed by atoms with Crippen LogP contribution in [0.25, 0.3) is 0 Å². The zero-order chi connectivity index (χ0) is 13.7. The van der Waals surface area contributed by atoms with Crippen LogP contribution in [0.5, 0.6) is 0 Å². The highest BCUT2D eigenvalue weighted by atomic mass is 16.2. The van der Waals surface area contributed by atoms with Gasteiger partial charge in [0.25, 0.3) is 0 Å². The third-order valence-electron chi connectivity index (χ3n) is 4.42. The van der Waals surface area contributed by atoms with Crippen LogP contribution in [0.1, 0.15) is 64.7 Å². The summed E-state index contributed by atoms with van der Waals surface area (Å²) in [4.78, 5) is 26.6. The Kier molecular flexibility index (Phi) is 4.83. The molecule has 4 heteroatoms. The van der Waals surface area contributed by atoms with Crippen LogP contribution in [0.2, 0.25) is 0 Å². The van der Waals surface area contributed by atoms with Gasteiger partial charge >= 0.3 is 0 Å². The summed E-state index contributed by atoms with van der Waals surface area (Å²) >= 11 is 0. The molecule has 2 aliphatic rings. The molecule has 0 bridgehead atoms. The smallest absolute Gasteiger partial charge is 0.248 e. The van der Waals surface area contributed by atoms with Crippen LogP contribution in [-0.2, 0) is 9.59 Å². The average molecular weight is 266 g/mol. The highest BCUT2D eigenvalue weighted by Gasteiger charge is 2.44. The third kappa shape index (κ3) is 3.28. The fourth-order valence-corrected chi connectivity index (χ4v) is 3.28. The first-order valence-electron chi connectivity index (χ1n) is 7.78. The molecular weight excluding hydrogens is 240 g/mol. The lowest BCUT2D eigenvalue weighted by atomic mass is 9.80. The van der Waals surface area contributed by atoms with Crippen molar-refractivity contribution in [3.8, 4) is 0 Å². The predicted octanol–water partition coefficient (Wildman–Crippen LogP) is 2.23. The standard InChI is InChI=1S/C15H26N2O2/c1-2-3-7-11-17-12-8-13(18)16-15(14(17)19)9-5-4-6-10-15/h2-12H2,1H3,(H,16,18). The van der Waals surface area contributed by atoms with Crippen molar-refractivity contribution in [2.75, 3.05) is 13.1 Å². The Hall–Kier alpha value is -1.06. The molecule has 1 aliphatic heterocycles. The summed E-state index contributed by atoms with van der Waals surface area (Å²) < 4.78 is 0. The maximum atomic E-state index is 12.8. The Morgan fingerprint density at radius 2 is 1.89 bits per heavy atom. The Balaban J connectivity index is 2.08. The fraction of sp³-hybridized carbons (Fsp3) is 0.867. The number of rotatable bonds is 4. The second-order valence-electron chi connectivity index (χ2n) is 5.94. The largest absolute Gasteiger partial charge is 0.342 e. The van der Waals surface area contributed by atoms with Crippen LogP contribution in [0.15, 0.2) is 0 Å². The van der Waals surface area contributed by atoms with E-state index in [9.17, 15) is 9.59 Å². The Labute approximate surface area is 115 Å². The summed E-state index contributed by atoms with van der Waals surface area (Å²) in [6.45, 7) is 3.57. The van der Waals surface area contributed by atoms with Crippen LogP contribution in [0, 0.1) is 0 Å². The molecule has 0 radical (unpaired) electrons. The number of nitrogens with zero attached hydrogens (tertiary/aromatic N) is 1. The first kappa shape index (κ1) is 14.4. The maximum Gasteiger partial charge on any atom is 0.248 e. The Bertz CT molecular complexity index is 335. The normalized spacial score (nSPS) is 23.3. The lowest BCUT2D eigenvalue weighted by molar-refractivity contribution is -0.140. The van der Waals surface area contributed by atoms with Gasteiger partial charge in [-0.2, -0.15) is 0 Å². The SMILES string of the molecule is CCCCCN1CCC(=O)NC2(CCCCC2)C1=O. The van der Waals surface area contributed by atoms with Crippen LogP contribution in [-0.4, -0.2) is 35.3 Å². The summed E-state index contributed by atoms with van der Waals surface area (Å²) in [7, 11) is 0. The van der Waals surface area contributed by atoms with Crippen molar-refractivity contribution in [3.63, 3.8) is 0 Å². The summed E-state index contributed by atoms with van der Waals surface area (Å²) in [5, 5.41) is 3.03. The van der Waals surface area contributed by atoms with E-state index >= 15 is 0 Å². The second kappa shape index (κ2) is 6.40. The molecule has 4 nitrogen and oxygen atoms in total. The van der Waals surface area contributed by atoms with Crippen molar-refractivity contribution in [1.82, 2.24) is 10.2 Å². The summed E-state index contributed by atoms with van der Waals surface area (Å²) in [5.74, 6) is 0.224. The lowest BCUT2D eigenvalue weighted by Crippen LogP contribution is -2.58. The van der Waals surface area contributed by atoms with Gasteiger partial charge in [-0.25, -0.2) is 0 Å². The molecular formula is C15H26N2O2. The second-order valence-corrected chi connectivity index (χ2v) is 5.94. The topological polar surface area (TPSA) is 49.4 Å². The van der Waals surface area contributed by atoms with Crippen molar-refractivity contribution in [1.29, 1.82) is 0 Å². The van der Waals surface area contributed by atoms with Gasteiger partial charge in [-0.3, -0.25) is 9.59 Å². The zero-order valence-corrected chi connectivity index (χ0v) is 12.0. The highest BCUT2D eigenvalue weighted by molar-refractivity contribution is 5.93. The molecule has 2 rings (SSSR count). The van der Waals surface area contributed by atoms with Crippen molar-refractivity contribution in [2.24, 2.45) is 0 Å². The van der Waals surface area contributed by atoms with E-state index in [1.54, 1.807) is 0 Å². The van der Waals surface area contributed by atoms with E-state index in [1.165, 1.54) is 6.42 Å². The average Bonchev–Trinajstić information content (AvgIpc) is 2.52. The lowest BCUT2D eigenvalue weighted by Gasteiger charge is -2.38. The van der Waals surface area contributed by atoms with E-state index in [4.69, 9.17) is 0 Å². The number of unbranched alkanes of at least 4 members (excludes halogenated alkanes) is 2. The minimum Gasteiger partial charge on any atom is -0.342 e. The van der Waals surface area contributed by atoms with Crippen LogP contribution in [0.4, 0.5) is 0 Å². The van der Waals surface area contributed by atoms with E-state index in [-0.39, 0.29) is 11.8 Å². The van der Waals surface area contributed by atoms with Crippen LogP contribution < -0.4 is 5.32 Å². The van der Waals surface area contributed by atoms with Gasteiger partial charge in [-0.15, -0.1) is 0 Å². The number of hydrogen-bond acceptors (Lipinski definition) is 2. The molecule has 0 aromatic rings. The molecule has 19 heavy (non-hydrogen) atoms. The van der Waals surface area contributed by atoms with Gasteiger partial charge in [-0.05, 0) is 19.3 Å². The molecule has 0 atom stereocenters. The molecule has 0 unspecified atom stereocenters. The van der Waals surface area contributed by atoms with Gasteiger partial charge in [-0.1, -0.05) is 39.0 Å². The molecule has 1 spiro atoms. The van der Waals surface area contributed by atoms with Crippen molar-refractivity contribution >= 4 is 11.8 Å². The predicted molar refractivity (Wildman–Crippen MR) is 74.7 cm³/mol. The summed E-state index contributed by atoms with van der Waals surface area (Å²) in [6.07, 6.45) is 8.74. The first-order chi connectivity index (χ1) is 9.18. The van der Waals surface area contributed by atoms with Gasteiger partial charge in [0.2, 0.25) is 11.8 Å². The number of amides is 2. The molecule has 1 saturated heterocycles. The van der Waals surface area contributed by atoms with Crippen molar-refractivity contribution < 1.29 is 9.59 Å². The zero-order valence-electron chi connectivity index (χ0n) is 12.0. The Morgan fingerprint density at radius 1 is 1.16 bits per heavy atom. The van der Waals surface area contributed by atoms with Gasteiger partial charge < -0.3 is 10.2 Å². The number of carbonyl (C=O) groups is 2. The monoisotopic (exact) mass is 266 g/mol. The van der Waals surface area contributed by atoms with E-state index in [0.717, 1.165) is 51.5 Å². The Morgan fingerprint density at radius 3 is 2.58 bits per heavy atom. The molecule has 108 valence electrons. The molecule has 0 aromatic carbocycles. The van der Waals surface area contributed by atoms with E-state index in [2.05, 4.69) is 12.2 Å². The molecule has 1 aliphatic carbocycles. The van der Waals surface area contributed by atoms with Gasteiger partial charge in [0.1, 0.15) is 5.54 Å². The summed E-state index contributed by atoms with van der Waals surface area (Å²) in [5.41, 5.74) is -0.571. The molecule has 0 aromatic heterocycles. The molecule has 2 amide bonds. The van der Waals surface area contributed by atoms with Gasteiger partial charge in [0.05, 0.1) is 0 Å². The van der Waals surface area contributed by atoms with Gasteiger partial charge in [0.15, 0.2) is 0 Å². The number of carbonyl (C=O) groups excluding carboxylic acids is 2. The quantitative estimate of drug-likeness (QED) is 0.793. The molecule has 1 heterocycles. The molecule has 1 saturated carbocycles. The van der Waals surface area contributed by atoms with Crippen LogP contribution in [0.3, 0.4) is 0 Å². The molecule has 2 fully saturated rings. The van der Waals surface area contributed by atoms with Crippen molar-refractivity contribution in [3.05, 3.63) is 0 Å². The van der Waals surface area contributed by atoms with Crippen molar-refractivity contribution in [2.45, 2.75) is 70.3 Å². The summed E-state index contributed by atoms with van der Waals surface area (Å²) in [6, 6.07) is 0. The van der Waals surface area contributed by atoms with Gasteiger partial charge in [0, 0.05) is 19.5 Å². The number of nitrogens with one attached hydrogen (secondary N) is 1. The third-order valence-corrected chi connectivity index (χ3v) is 4.42. The first-order valence-corrected chi connectivity index (χ1v) is 7.78. The van der Waals surface area contributed by atoms with E-state index in [0.29, 0.717) is 13.0 Å². The van der Waals surface area contributed by atoms with E-state index < -0.39 is 5.54 Å². The fourth-order valence-electron chi connectivity index (χ4n) is 3.28. The van der Waals surface area contributed by atoms with E-state index in [1.807, 2.05) is 4.90 Å². The molecule has 1 N–H and O–H groups in total. The van der Waals surface area contributed by atoms with Crippen LogP contribution >= 0.6 is 0 Å². The minimum absolute atomic E-state index is 0.0493. The minimum atomic E-state index is -0.571. The number of hydrogen-bond donors (Lipinski definition) is 1.